The average Bonchev–Trinajstić information content (AvgIpc) is 3.09. The van der Waals surface area contributed by atoms with Gasteiger partial charge in [-0.2, -0.15) is 4.98 Å². The maximum atomic E-state index is 12.2. The molecule has 0 aliphatic carbocycles. The van der Waals surface area contributed by atoms with E-state index in [1.807, 2.05) is 26.2 Å². The Bertz CT molecular complexity index is 873. The number of hydrogen-bond donors (Lipinski definition) is 0. The maximum absolute atomic E-state index is 12.2. The Balaban J connectivity index is 1.83. The van der Waals surface area contributed by atoms with Gasteiger partial charge in [0.25, 0.3) is 5.56 Å². The molecule has 3 aromatic heterocycles. The largest absolute Gasteiger partial charge is 0.338 e. The van der Waals surface area contributed by atoms with Crippen molar-refractivity contribution in [3.8, 4) is 0 Å². The van der Waals surface area contributed by atoms with Gasteiger partial charge >= 0.3 is 0 Å². The molecular formula is C14H16N4O2S2. The van der Waals surface area contributed by atoms with E-state index < -0.39 is 0 Å². The first-order valence-corrected chi connectivity index (χ1v) is 8.63. The molecule has 116 valence electrons. The van der Waals surface area contributed by atoms with Crippen LogP contribution in [0.4, 0.5) is 0 Å². The molecule has 0 aliphatic heterocycles. The summed E-state index contributed by atoms with van der Waals surface area (Å²) in [6.07, 6.45) is 0. The lowest BCUT2D eigenvalue weighted by Gasteiger charge is -2.10. The molecule has 8 heteroatoms. The summed E-state index contributed by atoms with van der Waals surface area (Å²) in [7, 11) is 1.73. The summed E-state index contributed by atoms with van der Waals surface area (Å²) in [4.78, 5) is 21.9. The van der Waals surface area contributed by atoms with E-state index in [1.54, 1.807) is 17.7 Å². The zero-order valence-electron chi connectivity index (χ0n) is 12.8. The van der Waals surface area contributed by atoms with Crippen molar-refractivity contribution in [2.24, 2.45) is 7.05 Å². The first kappa shape index (κ1) is 15.2. The van der Waals surface area contributed by atoms with Crippen LogP contribution in [0.1, 0.15) is 32.5 Å². The van der Waals surface area contributed by atoms with E-state index in [2.05, 4.69) is 15.1 Å². The lowest BCUT2D eigenvalue weighted by molar-refractivity contribution is 0.372. The van der Waals surface area contributed by atoms with Crippen LogP contribution in [0.15, 0.2) is 25.9 Å². The normalized spacial score (nSPS) is 12.2. The molecule has 0 amide bonds. The molecule has 0 radical (unpaired) electrons. The van der Waals surface area contributed by atoms with Crippen molar-refractivity contribution in [3.63, 3.8) is 0 Å². The molecule has 0 fully saturated rings. The summed E-state index contributed by atoms with van der Waals surface area (Å²) in [5.41, 5.74) is -0.178. The van der Waals surface area contributed by atoms with Crippen molar-refractivity contribution < 1.29 is 4.52 Å². The summed E-state index contributed by atoms with van der Waals surface area (Å²) in [6, 6.07) is 1.80. The van der Waals surface area contributed by atoms with Gasteiger partial charge in [-0.05, 0) is 11.4 Å². The Morgan fingerprint density at radius 2 is 2.14 bits per heavy atom. The lowest BCUT2D eigenvalue weighted by atomic mass is 9.96. The zero-order valence-corrected chi connectivity index (χ0v) is 14.4. The molecule has 3 rings (SSSR count). The van der Waals surface area contributed by atoms with Crippen LogP contribution in [0.5, 0.6) is 0 Å². The number of fused-ring (bicyclic) bond motifs is 1. The van der Waals surface area contributed by atoms with E-state index >= 15 is 0 Å². The zero-order chi connectivity index (χ0) is 15.9. The van der Waals surface area contributed by atoms with Crippen LogP contribution >= 0.6 is 23.1 Å². The monoisotopic (exact) mass is 336 g/mol. The summed E-state index contributed by atoms with van der Waals surface area (Å²) in [5, 5.41) is 7.18. The minimum Gasteiger partial charge on any atom is -0.338 e. The summed E-state index contributed by atoms with van der Waals surface area (Å²) < 4.78 is 6.82. The standard InChI is InChI=1S/C14H16N4O2S2/c1-14(2,3)12-15-9(20-17-12)7-22-13-16-10-8(5-6-21-10)11(19)18(13)4/h5-6H,7H2,1-4H3. The highest BCUT2D eigenvalue weighted by Crippen LogP contribution is 2.24. The van der Waals surface area contributed by atoms with Gasteiger partial charge in [0.2, 0.25) is 5.89 Å². The van der Waals surface area contributed by atoms with Gasteiger partial charge in [-0.1, -0.05) is 37.7 Å². The molecule has 22 heavy (non-hydrogen) atoms. The van der Waals surface area contributed by atoms with Gasteiger partial charge in [0.05, 0.1) is 11.1 Å². The quantitative estimate of drug-likeness (QED) is 0.541. The Morgan fingerprint density at radius 3 is 2.82 bits per heavy atom. The number of hydrogen-bond acceptors (Lipinski definition) is 7. The van der Waals surface area contributed by atoms with Crippen LogP contribution in [-0.4, -0.2) is 19.7 Å². The number of aromatic nitrogens is 4. The second-order valence-electron chi connectivity index (χ2n) is 5.95. The van der Waals surface area contributed by atoms with Crippen LogP contribution in [0.2, 0.25) is 0 Å². The predicted molar refractivity (Wildman–Crippen MR) is 87.4 cm³/mol. The molecule has 6 nitrogen and oxygen atoms in total. The molecule has 0 N–H and O–H groups in total. The van der Waals surface area contributed by atoms with Crippen molar-refractivity contribution in [2.45, 2.75) is 37.1 Å². The van der Waals surface area contributed by atoms with Crippen molar-refractivity contribution in [1.29, 1.82) is 0 Å². The van der Waals surface area contributed by atoms with Crippen LogP contribution < -0.4 is 5.56 Å². The van der Waals surface area contributed by atoms with Gasteiger partial charge in [0.1, 0.15) is 4.83 Å². The van der Waals surface area contributed by atoms with Crippen LogP contribution in [0.3, 0.4) is 0 Å². The van der Waals surface area contributed by atoms with Gasteiger partial charge in [-0.15, -0.1) is 11.3 Å². The summed E-state index contributed by atoms with van der Waals surface area (Å²) in [5.74, 6) is 1.70. The minimum atomic E-state index is -0.145. The Kier molecular flexibility index (Phi) is 3.82. The SMILES string of the molecule is Cn1c(SCc2nc(C(C)(C)C)no2)nc2sccc2c1=O. The fraction of sp³-hybridized carbons (Fsp3) is 0.429. The van der Waals surface area contributed by atoms with Gasteiger partial charge < -0.3 is 4.52 Å². The average molecular weight is 336 g/mol. The first-order chi connectivity index (χ1) is 10.4. The molecule has 3 aromatic rings. The summed E-state index contributed by atoms with van der Waals surface area (Å²) in [6.45, 7) is 6.10. The number of rotatable bonds is 3. The highest BCUT2D eigenvalue weighted by Gasteiger charge is 2.21. The van der Waals surface area contributed by atoms with Gasteiger partial charge in [0, 0.05) is 12.5 Å². The lowest BCUT2D eigenvalue weighted by Crippen LogP contribution is -2.19. The van der Waals surface area contributed by atoms with Gasteiger partial charge in [0.15, 0.2) is 11.0 Å². The van der Waals surface area contributed by atoms with Crippen molar-refractivity contribution in [1.82, 2.24) is 19.7 Å². The first-order valence-electron chi connectivity index (χ1n) is 6.76. The molecule has 0 atom stereocenters. The third kappa shape index (κ3) is 2.80. The maximum Gasteiger partial charge on any atom is 0.262 e. The van der Waals surface area contributed by atoms with E-state index in [9.17, 15) is 4.79 Å². The molecule has 0 aromatic carbocycles. The Labute approximate surface area is 135 Å². The molecular weight excluding hydrogens is 320 g/mol. The Hall–Kier alpha value is -1.67. The predicted octanol–water partition coefficient (Wildman–Crippen LogP) is 2.97. The van der Waals surface area contributed by atoms with Crippen molar-refractivity contribution >= 4 is 33.3 Å². The molecule has 0 spiro atoms. The van der Waals surface area contributed by atoms with Gasteiger partial charge in [-0.25, -0.2) is 4.98 Å². The van der Waals surface area contributed by atoms with Crippen molar-refractivity contribution in [2.75, 3.05) is 0 Å². The van der Waals surface area contributed by atoms with E-state index in [-0.39, 0.29) is 11.0 Å². The number of thioether (sulfide) groups is 1. The van der Waals surface area contributed by atoms with E-state index in [0.717, 1.165) is 4.83 Å². The fourth-order valence-corrected chi connectivity index (χ4v) is 3.47. The third-order valence-electron chi connectivity index (χ3n) is 3.13. The molecule has 0 aliphatic rings. The highest BCUT2D eigenvalue weighted by atomic mass is 32.2. The molecule has 0 saturated heterocycles. The highest BCUT2D eigenvalue weighted by molar-refractivity contribution is 7.98. The molecule has 0 unspecified atom stereocenters. The molecule has 0 saturated carbocycles. The second kappa shape index (κ2) is 5.51. The third-order valence-corrected chi connectivity index (χ3v) is 4.95. The van der Waals surface area contributed by atoms with Crippen molar-refractivity contribution in [3.05, 3.63) is 33.5 Å². The van der Waals surface area contributed by atoms with Crippen LogP contribution in [-0.2, 0) is 18.2 Å². The molecule has 0 bridgehead atoms. The topological polar surface area (TPSA) is 73.8 Å². The van der Waals surface area contributed by atoms with E-state index in [0.29, 0.717) is 28.0 Å². The number of thiophene rings is 1. The smallest absolute Gasteiger partial charge is 0.262 e. The van der Waals surface area contributed by atoms with Crippen LogP contribution in [0.25, 0.3) is 10.2 Å². The summed E-state index contributed by atoms with van der Waals surface area (Å²) >= 11 is 2.88. The van der Waals surface area contributed by atoms with E-state index in [4.69, 9.17) is 4.52 Å². The minimum absolute atomic E-state index is 0.0327. The molecule has 3 heterocycles. The Morgan fingerprint density at radius 1 is 1.36 bits per heavy atom. The fourth-order valence-electron chi connectivity index (χ4n) is 1.85. The number of nitrogens with zero attached hydrogens (tertiary/aromatic N) is 4. The second-order valence-corrected chi connectivity index (χ2v) is 7.79. The van der Waals surface area contributed by atoms with Gasteiger partial charge in [-0.3, -0.25) is 9.36 Å². The van der Waals surface area contributed by atoms with Crippen LogP contribution in [0, 0.1) is 0 Å². The van der Waals surface area contributed by atoms with E-state index in [1.165, 1.54) is 23.1 Å².